The molecule has 0 radical (unpaired) electrons. The smallest absolute Gasteiger partial charge is 0.165 e. The highest BCUT2D eigenvalue weighted by atomic mass is 32.2. The Morgan fingerprint density at radius 1 is 1.20 bits per heavy atom. The Kier molecular flexibility index (Phi) is 2.75. The molecule has 1 aromatic rings. The summed E-state index contributed by atoms with van der Waals surface area (Å²) in [6.45, 7) is 6.18. The number of hydrogen-bond acceptors (Lipinski definition) is 3. The fraction of sp³-hybridized carbons (Fsp3) is 0.667. The molecule has 0 amide bonds. The second-order valence-electron chi connectivity index (χ2n) is 7.33. The number of carbonyl (C=O) groups is 1. The molecule has 1 aliphatic heterocycles. The van der Waals surface area contributed by atoms with E-state index < -0.39 is 15.4 Å². The lowest BCUT2D eigenvalue weighted by Gasteiger charge is -2.34. The Labute approximate surface area is 120 Å². The molecule has 0 aromatic carbocycles. The molecule has 0 saturated carbocycles. The van der Waals surface area contributed by atoms with E-state index in [9.17, 15) is 13.2 Å². The van der Waals surface area contributed by atoms with Gasteiger partial charge in [0.05, 0.1) is 17.0 Å². The monoisotopic (exact) mass is 295 g/mol. The number of sulfone groups is 1. The summed E-state index contributed by atoms with van der Waals surface area (Å²) in [6.07, 6.45) is 3.94. The van der Waals surface area contributed by atoms with Crippen LogP contribution in [0, 0.1) is 5.41 Å². The lowest BCUT2D eigenvalue weighted by molar-refractivity contribution is 0.0908. The summed E-state index contributed by atoms with van der Waals surface area (Å²) in [5.41, 5.74) is 1.36. The summed E-state index contributed by atoms with van der Waals surface area (Å²) in [5.74, 6) is 0.600. The molecule has 1 unspecified atom stereocenters. The van der Waals surface area contributed by atoms with Crippen LogP contribution in [0.3, 0.4) is 0 Å². The molecule has 1 atom stereocenters. The van der Waals surface area contributed by atoms with Crippen molar-refractivity contribution in [1.29, 1.82) is 0 Å². The van der Waals surface area contributed by atoms with Gasteiger partial charge in [-0.05, 0) is 31.2 Å². The molecule has 1 aromatic heterocycles. The fourth-order valence-electron chi connectivity index (χ4n) is 3.63. The van der Waals surface area contributed by atoms with E-state index in [0.717, 1.165) is 17.7 Å². The first-order chi connectivity index (χ1) is 9.12. The maximum atomic E-state index is 12.2. The van der Waals surface area contributed by atoms with Crippen molar-refractivity contribution in [2.75, 3.05) is 11.5 Å². The zero-order valence-corrected chi connectivity index (χ0v) is 13.1. The van der Waals surface area contributed by atoms with Crippen LogP contribution in [0.4, 0.5) is 0 Å². The van der Waals surface area contributed by atoms with Crippen LogP contribution in [0.5, 0.6) is 0 Å². The van der Waals surface area contributed by atoms with Crippen molar-refractivity contribution in [3.8, 4) is 0 Å². The van der Waals surface area contributed by atoms with E-state index in [0.29, 0.717) is 12.8 Å². The van der Waals surface area contributed by atoms with Gasteiger partial charge in [0, 0.05) is 23.9 Å². The van der Waals surface area contributed by atoms with Gasteiger partial charge in [-0.15, -0.1) is 0 Å². The third kappa shape index (κ3) is 2.12. The maximum Gasteiger partial charge on any atom is 0.165 e. The van der Waals surface area contributed by atoms with E-state index in [4.69, 9.17) is 0 Å². The van der Waals surface area contributed by atoms with E-state index in [1.807, 2.05) is 19.2 Å². The van der Waals surface area contributed by atoms with Crippen LogP contribution in [0.1, 0.15) is 49.7 Å². The van der Waals surface area contributed by atoms with Crippen molar-refractivity contribution >= 4 is 15.6 Å². The molecule has 2 aliphatic rings. The third-order valence-corrected chi connectivity index (χ3v) is 6.53. The first kappa shape index (κ1) is 13.9. The number of rotatable bonds is 1. The molecular weight excluding hydrogens is 274 g/mol. The van der Waals surface area contributed by atoms with Crippen molar-refractivity contribution in [3.05, 3.63) is 23.5 Å². The molecular formula is C15H21NO3S. The zero-order chi connectivity index (χ0) is 14.8. The van der Waals surface area contributed by atoms with Crippen molar-refractivity contribution in [2.45, 2.75) is 45.6 Å². The van der Waals surface area contributed by atoms with Gasteiger partial charge >= 0.3 is 0 Å². The molecule has 5 heteroatoms. The van der Waals surface area contributed by atoms with Crippen LogP contribution in [0.15, 0.2) is 12.3 Å². The maximum absolute atomic E-state index is 12.2. The number of carbonyl (C=O) groups excluding carboxylic acids is 1. The van der Waals surface area contributed by atoms with E-state index in [1.165, 1.54) is 0 Å². The number of aromatic nitrogens is 1. The van der Waals surface area contributed by atoms with E-state index in [1.54, 1.807) is 0 Å². The molecule has 3 rings (SSSR count). The van der Waals surface area contributed by atoms with E-state index in [-0.39, 0.29) is 22.7 Å². The van der Waals surface area contributed by atoms with Crippen LogP contribution in [0.25, 0.3) is 0 Å². The number of nitrogens with zero attached hydrogens (tertiary/aromatic N) is 1. The summed E-state index contributed by atoms with van der Waals surface area (Å²) in [7, 11) is -2.95. The van der Waals surface area contributed by atoms with Gasteiger partial charge in [-0.3, -0.25) is 4.79 Å². The molecule has 0 spiro atoms. The summed E-state index contributed by atoms with van der Waals surface area (Å²) < 4.78 is 25.7. The van der Waals surface area contributed by atoms with Gasteiger partial charge < -0.3 is 4.57 Å². The molecule has 1 aliphatic carbocycles. The largest absolute Gasteiger partial charge is 0.344 e. The van der Waals surface area contributed by atoms with Crippen molar-refractivity contribution in [2.24, 2.45) is 5.41 Å². The first-order valence-corrected chi connectivity index (χ1v) is 8.88. The minimum absolute atomic E-state index is 0.0476. The molecule has 1 fully saturated rings. The Bertz CT molecular complexity index is 684. The number of Topliss-reactive ketones (excluding diaryl/α,β-unsaturated/α-hetero) is 1. The van der Waals surface area contributed by atoms with Gasteiger partial charge in [0.2, 0.25) is 0 Å². The second-order valence-corrected chi connectivity index (χ2v) is 9.51. The minimum Gasteiger partial charge on any atom is -0.344 e. The Morgan fingerprint density at radius 3 is 2.50 bits per heavy atom. The average Bonchev–Trinajstić information content (AvgIpc) is 2.79. The van der Waals surface area contributed by atoms with Crippen molar-refractivity contribution < 1.29 is 13.2 Å². The zero-order valence-electron chi connectivity index (χ0n) is 12.3. The molecule has 2 heterocycles. The van der Waals surface area contributed by atoms with Crippen LogP contribution < -0.4 is 0 Å². The van der Waals surface area contributed by atoms with E-state index >= 15 is 0 Å². The standard InChI is InChI=1S/C15H21NO3S/c1-14(2)8-12-11(13(17)9-14)4-6-16(12)15(3)5-7-20(18,19)10-15/h4,6H,5,7-10H2,1-3H3. The molecule has 0 bridgehead atoms. The number of fused-ring (bicyclic) bond motifs is 1. The Balaban J connectivity index is 2.08. The van der Waals surface area contributed by atoms with Gasteiger partial charge in [0.1, 0.15) is 0 Å². The molecule has 1 saturated heterocycles. The third-order valence-electron chi connectivity index (χ3n) is 4.64. The summed E-state index contributed by atoms with van der Waals surface area (Å²) >= 11 is 0. The summed E-state index contributed by atoms with van der Waals surface area (Å²) in [6, 6.07) is 1.86. The number of hydrogen-bond donors (Lipinski definition) is 0. The van der Waals surface area contributed by atoms with Gasteiger partial charge in [-0.25, -0.2) is 8.42 Å². The predicted octanol–water partition coefficient (Wildman–Crippen LogP) is 2.18. The highest BCUT2D eigenvalue weighted by Gasteiger charge is 2.43. The normalized spacial score (nSPS) is 31.2. The highest BCUT2D eigenvalue weighted by Crippen LogP contribution is 2.39. The Morgan fingerprint density at radius 2 is 1.90 bits per heavy atom. The SMILES string of the molecule is CC1(C)CC(=O)c2ccn(C3(C)CCS(=O)(=O)C3)c2C1. The molecule has 20 heavy (non-hydrogen) atoms. The minimum atomic E-state index is -2.95. The Hall–Kier alpha value is -1.10. The van der Waals surface area contributed by atoms with Gasteiger partial charge in [0.15, 0.2) is 15.6 Å². The van der Waals surface area contributed by atoms with Crippen LogP contribution in [0.2, 0.25) is 0 Å². The fourth-order valence-corrected chi connectivity index (χ4v) is 5.76. The average molecular weight is 295 g/mol. The van der Waals surface area contributed by atoms with Crippen molar-refractivity contribution in [3.63, 3.8) is 0 Å². The first-order valence-electron chi connectivity index (χ1n) is 7.06. The molecule has 110 valence electrons. The topological polar surface area (TPSA) is 56.1 Å². The predicted molar refractivity (Wildman–Crippen MR) is 77.8 cm³/mol. The summed E-state index contributed by atoms with van der Waals surface area (Å²) in [4.78, 5) is 12.2. The van der Waals surface area contributed by atoms with Crippen LogP contribution >= 0.6 is 0 Å². The van der Waals surface area contributed by atoms with Crippen molar-refractivity contribution in [1.82, 2.24) is 4.57 Å². The van der Waals surface area contributed by atoms with E-state index in [2.05, 4.69) is 18.4 Å². The second kappa shape index (κ2) is 3.97. The lowest BCUT2D eigenvalue weighted by Crippen LogP contribution is -2.36. The van der Waals surface area contributed by atoms with Gasteiger partial charge in [0.25, 0.3) is 0 Å². The molecule has 4 nitrogen and oxygen atoms in total. The number of ketones is 1. The van der Waals surface area contributed by atoms with Gasteiger partial charge in [-0.1, -0.05) is 13.8 Å². The lowest BCUT2D eigenvalue weighted by atomic mass is 9.76. The quantitative estimate of drug-likeness (QED) is 0.798. The highest BCUT2D eigenvalue weighted by molar-refractivity contribution is 7.91. The van der Waals surface area contributed by atoms with Crippen LogP contribution in [-0.2, 0) is 21.8 Å². The van der Waals surface area contributed by atoms with Crippen LogP contribution in [-0.4, -0.2) is 30.3 Å². The van der Waals surface area contributed by atoms with Gasteiger partial charge in [-0.2, -0.15) is 0 Å². The summed E-state index contributed by atoms with van der Waals surface area (Å²) in [5, 5.41) is 0. The molecule has 0 N–H and O–H groups in total.